The minimum Gasteiger partial charge on any atom is -0.368 e. The van der Waals surface area contributed by atoms with Crippen molar-refractivity contribution in [2.45, 2.75) is 47.5 Å². The third-order valence-corrected chi connectivity index (χ3v) is 2.96. The smallest absolute Gasteiger partial charge is 0.220 e. The lowest BCUT2D eigenvalue weighted by Gasteiger charge is -2.12. The zero-order chi connectivity index (χ0) is 13.7. The summed E-state index contributed by atoms with van der Waals surface area (Å²) in [4.78, 5) is 12.9. The second-order valence-corrected chi connectivity index (χ2v) is 5.18. The van der Waals surface area contributed by atoms with Crippen LogP contribution in [0.15, 0.2) is 4.99 Å². The van der Waals surface area contributed by atoms with Crippen molar-refractivity contribution in [1.82, 2.24) is 9.97 Å². The number of hydrogen-bond acceptors (Lipinski definition) is 4. The Morgan fingerprint density at radius 1 is 1.22 bits per heavy atom. The van der Waals surface area contributed by atoms with Crippen LogP contribution in [0, 0.1) is 25.7 Å². The molecule has 0 aliphatic rings. The average Bonchev–Trinajstić information content (AvgIpc) is 2.25. The van der Waals surface area contributed by atoms with E-state index in [4.69, 9.17) is 5.73 Å². The highest BCUT2D eigenvalue weighted by molar-refractivity contribution is 5.67. The summed E-state index contributed by atoms with van der Waals surface area (Å²) in [7, 11) is 0. The number of nitrogens with two attached hydrogens (primary N) is 1. The fourth-order valence-electron chi connectivity index (χ4n) is 2.04. The predicted octanol–water partition coefficient (Wildman–Crippen LogP) is 3.45. The topological polar surface area (TPSA) is 64.2 Å². The summed E-state index contributed by atoms with van der Waals surface area (Å²) in [5.41, 5.74) is 8.14. The number of aliphatic imine (C=N–C) groups is 1. The van der Waals surface area contributed by atoms with Gasteiger partial charge in [0, 0.05) is 6.21 Å². The van der Waals surface area contributed by atoms with Gasteiger partial charge in [0.15, 0.2) is 0 Å². The van der Waals surface area contributed by atoms with Gasteiger partial charge in [0.2, 0.25) is 5.95 Å². The highest BCUT2D eigenvalue weighted by Crippen LogP contribution is 2.22. The Hall–Kier alpha value is -1.45. The minimum absolute atomic E-state index is 0.318. The minimum atomic E-state index is 0.318. The molecule has 18 heavy (non-hydrogen) atoms. The molecule has 0 aliphatic carbocycles. The van der Waals surface area contributed by atoms with E-state index in [1.807, 2.05) is 20.1 Å². The maximum atomic E-state index is 5.60. The Morgan fingerprint density at radius 3 is 2.22 bits per heavy atom. The van der Waals surface area contributed by atoms with Crippen LogP contribution >= 0.6 is 0 Å². The molecule has 0 spiro atoms. The number of aromatic nitrogens is 2. The molecule has 0 aliphatic heterocycles. The molecular weight excluding hydrogens is 224 g/mol. The quantitative estimate of drug-likeness (QED) is 0.812. The van der Waals surface area contributed by atoms with E-state index in [0.717, 1.165) is 29.9 Å². The van der Waals surface area contributed by atoms with Crippen LogP contribution < -0.4 is 5.73 Å². The maximum Gasteiger partial charge on any atom is 0.220 e. The Morgan fingerprint density at radius 2 is 1.78 bits per heavy atom. The summed E-state index contributed by atoms with van der Waals surface area (Å²) in [6.07, 6.45) is 4.30. The average molecular weight is 248 g/mol. The zero-order valence-corrected chi connectivity index (χ0v) is 12.1. The Kier molecular flexibility index (Phi) is 5.25. The van der Waals surface area contributed by atoms with Crippen molar-refractivity contribution in [1.29, 1.82) is 0 Å². The molecule has 0 saturated heterocycles. The van der Waals surface area contributed by atoms with Gasteiger partial charge >= 0.3 is 0 Å². The van der Waals surface area contributed by atoms with Crippen molar-refractivity contribution in [3.05, 3.63) is 11.4 Å². The van der Waals surface area contributed by atoms with Gasteiger partial charge < -0.3 is 5.73 Å². The number of aryl methyl sites for hydroxylation is 2. The number of nitrogens with zero attached hydrogens (tertiary/aromatic N) is 3. The molecule has 0 saturated carbocycles. The molecule has 1 atom stereocenters. The summed E-state index contributed by atoms with van der Waals surface area (Å²) in [5.74, 6) is 1.52. The van der Waals surface area contributed by atoms with Crippen LogP contribution in [0.3, 0.4) is 0 Å². The van der Waals surface area contributed by atoms with Crippen LogP contribution in [0.4, 0.5) is 11.6 Å². The highest BCUT2D eigenvalue weighted by atomic mass is 15.0. The summed E-state index contributed by atoms with van der Waals surface area (Å²) < 4.78 is 0. The van der Waals surface area contributed by atoms with Gasteiger partial charge in [-0.15, -0.1) is 0 Å². The van der Waals surface area contributed by atoms with Gasteiger partial charge in [-0.1, -0.05) is 20.8 Å². The molecule has 4 heteroatoms. The van der Waals surface area contributed by atoms with Crippen molar-refractivity contribution in [2.75, 3.05) is 5.73 Å². The second kappa shape index (κ2) is 6.47. The van der Waals surface area contributed by atoms with Gasteiger partial charge in [-0.25, -0.2) is 9.97 Å². The third kappa shape index (κ3) is 4.09. The normalized spacial score (nSPS) is 13.4. The van der Waals surface area contributed by atoms with Crippen LogP contribution in [0.1, 0.15) is 45.0 Å². The Labute approximate surface area is 110 Å². The van der Waals surface area contributed by atoms with Crippen molar-refractivity contribution in [3.63, 3.8) is 0 Å². The van der Waals surface area contributed by atoms with E-state index in [0.29, 0.717) is 17.8 Å². The van der Waals surface area contributed by atoms with Gasteiger partial charge in [-0.2, -0.15) is 0 Å². The van der Waals surface area contributed by atoms with Crippen LogP contribution in [0.5, 0.6) is 0 Å². The molecule has 4 nitrogen and oxygen atoms in total. The van der Waals surface area contributed by atoms with Gasteiger partial charge in [0.1, 0.15) is 5.69 Å². The maximum absolute atomic E-state index is 5.60. The van der Waals surface area contributed by atoms with Gasteiger partial charge in [-0.3, -0.25) is 4.99 Å². The van der Waals surface area contributed by atoms with Crippen LogP contribution in [0.2, 0.25) is 0 Å². The van der Waals surface area contributed by atoms with Gasteiger partial charge in [0.25, 0.3) is 0 Å². The first-order chi connectivity index (χ1) is 8.43. The number of rotatable bonds is 5. The number of nitrogen functional groups attached to an aromatic ring is 1. The molecular formula is C14H24N4. The summed E-state index contributed by atoms with van der Waals surface area (Å²) in [6.45, 7) is 10.5. The fourth-order valence-corrected chi connectivity index (χ4v) is 2.04. The van der Waals surface area contributed by atoms with Crippen LogP contribution in [-0.2, 0) is 0 Å². The molecule has 0 amide bonds. The molecule has 0 radical (unpaired) electrons. The molecule has 1 heterocycles. The van der Waals surface area contributed by atoms with Crippen molar-refractivity contribution >= 4 is 17.9 Å². The van der Waals surface area contributed by atoms with E-state index in [1.165, 1.54) is 0 Å². The van der Waals surface area contributed by atoms with Crippen molar-refractivity contribution < 1.29 is 0 Å². The SMILES string of the molecule is CCC(C=Nc1c(C)nc(N)nc1C)CC(C)C. The molecule has 0 fully saturated rings. The van der Waals surface area contributed by atoms with E-state index in [2.05, 4.69) is 35.7 Å². The van der Waals surface area contributed by atoms with E-state index in [9.17, 15) is 0 Å². The van der Waals surface area contributed by atoms with Gasteiger partial charge in [-0.05, 0) is 38.5 Å². The molecule has 0 bridgehead atoms. The molecule has 1 aromatic rings. The summed E-state index contributed by atoms with van der Waals surface area (Å²) >= 11 is 0. The van der Waals surface area contributed by atoms with E-state index < -0.39 is 0 Å². The number of anilines is 1. The Bertz CT molecular complexity index is 401. The zero-order valence-electron chi connectivity index (χ0n) is 12.1. The summed E-state index contributed by atoms with van der Waals surface area (Å²) in [5, 5.41) is 0. The van der Waals surface area contributed by atoms with E-state index >= 15 is 0 Å². The summed E-state index contributed by atoms with van der Waals surface area (Å²) in [6, 6.07) is 0. The molecule has 1 rings (SSSR count). The van der Waals surface area contributed by atoms with Crippen molar-refractivity contribution in [3.8, 4) is 0 Å². The first-order valence-corrected chi connectivity index (χ1v) is 6.58. The largest absolute Gasteiger partial charge is 0.368 e. The standard InChI is InChI=1S/C14H24N4/c1-6-12(7-9(2)3)8-16-13-10(4)17-14(15)18-11(13)5/h8-9,12H,6-7H2,1-5H3,(H2,15,17,18). The molecule has 1 aromatic heterocycles. The molecule has 100 valence electrons. The lowest BCUT2D eigenvalue weighted by Crippen LogP contribution is -2.05. The lowest BCUT2D eigenvalue weighted by molar-refractivity contribution is 0.492. The van der Waals surface area contributed by atoms with Crippen LogP contribution in [-0.4, -0.2) is 16.2 Å². The first kappa shape index (κ1) is 14.6. The van der Waals surface area contributed by atoms with E-state index in [1.54, 1.807) is 0 Å². The first-order valence-electron chi connectivity index (χ1n) is 6.58. The molecule has 0 aromatic carbocycles. The fraction of sp³-hybridized carbons (Fsp3) is 0.643. The predicted molar refractivity (Wildman–Crippen MR) is 77.3 cm³/mol. The lowest BCUT2D eigenvalue weighted by atomic mass is 9.96. The Balaban J connectivity index is 2.89. The van der Waals surface area contributed by atoms with Crippen molar-refractivity contribution in [2.24, 2.45) is 16.8 Å². The van der Waals surface area contributed by atoms with E-state index in [-0.39, 0.29) is 0 Å². The van der Waals surface area contributed by atoms with Gasteiger partial charge in [0.05, 0.1) is 11.4 Å². The second-order valence-electron chi connectivity index (χ2n) is 5.18. The molecule has 2 N–H and O–H groups in total. The molecule has 1 unspecified atom stereocenters. The number of hydrogen-bond donors (Lipinski definition) is 1. The monoisotopic (exact) mass is 248 g/mol. The van der Waals surface area contributed by atoms with Crippen LogP contribution in [0.25, 0.3) is 0 Å². The highest BCUT2D eigenvalue weighted by Gasteiger charge is 2.08. The third-order valence-electron chi connectivity index (χ3n) is 2.96.